The standard InChI is InChI=1S/C21H24F3N3O3/c22-21(23,24)15-4-3-5-16(12-15)25-8-10-26(11-9-25)18(29)14-27-17(28)13-20(19(27)30)6-1-2-7-20/h3-5,12H,1-2,6-11,13-14H2. The molecule has 0 unspecified atom stereocenters. The second kappa shape index (κ2) is 7.59. The third kappa shape index (κ3) is 3.77. The molecular formula is C21H24F3N3O3. The number of nitrogens with zero attached hydrogens (tertiary/aromatic N) is 3. The van der Waals surface area contributed by atoms with Crippen molar-refractivity contribution in [2.24, 2.45) is 5.41 Å². The van der Waals surface area contributed by atoms with Gasteiger partial charge in [-0.25, -0.2) is 0 Å². The van der Waals surface area contributed by atoms with Crippen molar-refractivity contribution in [1.82, 2.24) is 9.80 Å². The fraction of sp³-hybridized carbons (Fsp3) is 0.571. The van der Waals surface area contributed by atoms with E-state index in [-0.39, 0.29) is 30.7 Å². The number of rotatable bonds is 3. The number of amides is 3. The summed E-state index contributed by atoms with van der Waals surface area (Å²) in [5, 5.41) is 0. The van der Waals surface area contributed by atoms with Gasteiger partial charge in [-0.2, -0.15) is 13.2 Å². The Bertz CT molecular complexity index is 857. The van der Waals surface area contributed by atoms with E-state index in [0.717, 1.165) is 29.9 Å². The number of carbonyl (C=O) groups is 3. The maximum absolute atomic E-state index is 12.9. The minimum atomic E-state index is -4.40. The summed E-state index contributed by atoms with van der Waals surface area (Å²) in [7, 11) is 0. The molecular weight excluding hydrogens is 399 g/mol. The normalized spacial score (nSPS) is 21.8. The molecule has 3 amide bonds. The molecule has 0 radical (unpaired) electrons. The highest BCUT2D eigenvalue weighted by atomic mass is 19.4. The fourth-order valence-electron chi connectivity index (χ4n) is 4.79. The lowest BCUT2D eigenvalue weighted by Crippen LogP contribution is -2.52. The van der Waals surface area contributed by atoms with Crippen molar-refractivity contribution in [2.45, 2.75) is 38.3 Å². The van der Waals surface area contributed by atoms with E-state index < -0.39 is 17.2 Å². The summed E-state index contributed by atoms with van der Waals surface area (Å²) < 4.78 is 38.8. The molecule has 0 aromatic heterocycles. The van der Waals surface area contributed by atoms with Gasteiger partial charge in [-0.05, 0) is 31.0 Å². The van der Waals surface area contributed by atoms with E-state index in [4.69, 9.17) is 0 Å². The SMILES string of the molecule is O=C(CN1C(=O)CC2(CCCC2)C1=O)N1CCN(c2cccc(C(F)(F)F)c2)CC1. The van der Waals surface area contributed by atoms with E-state index in [1.54, 1.807) is 15.9 Å². The molecule has 0 N–H and O–H groups in total. The van der Waals surface area contributed by atoms with Gasteiger partial charge in [-0.3, -0.25) is 19.3 Å². The van der Waals surface area contributed by atoms with Gasteiger partial charge in [0.15, 0.2) is 0 Å². The number of carbonyl (C=O) groups excluding carboxylic acids is 3. The maximum atomic E-state index is 12.9. The van der Waals surface area contributed by atoms with E-state index in [1.807, 2.05) is 0 Å². The summed E-state index contributed by atoms with van der Waals surface area (Å²) in [5.74, 6) is -0.797. The number of anilines is 1. The van der Waals surface area contributed by atoms with Crippen molar-refractivity contribution in [1.29, 1.82) is 0 Å². The Hall–Kier alpha value is -2.58. The van der Waals surface area contributed by atoms with Crippen molar-refractivity contribution >= 4 is 23.4 Å². The van der Waals surface area contributed by atoms with Gasteiger partial charge in [-0.15, -0.1) is 0 Å². The summed E-state index contributed by atoms with van der Waals surface area (Å²) >= 11 is 0. The van der Waals surface area contributed by atoms with E-state index in [2.05, 4.69) is 0 Å². The van der Waals surface area contributed by atoms with Crippen molar-refractivity contribution in [2.75, 3.05) is 37.6 Å². The summed E-state index contributed by atoms with van der Waals surface area (Å²) in [5.41, 5.74) is -0.838. The minimum absolute atomic E-state index is 0.197. The van der Waals surface area contributed by atoms with Crippen LogP contribution in [0.3, 0.4) is 0 Å². The van der Waals surface area contributed by atoms with Crippen LogP contribution in [0.25, 0.3) is 0 Å². The molecule has 0 atom stereocenters. The molecule has 6 nitrogen and oxygen atoms in total. The predicted molar refractivity (Wildman–Crippen MR) is 102 cm³/mol. The van der Waals surface area contributed by atoms with Gasteiger partial charge in [0, 0.05) is 38.3 Å². The molecule has 162 valence electrons. The first-order valence-electron chi connectivity index (χ1n) is 10.2. The first-order valence-corrected chi connectivity index (χ1v) is 10.2. The minimum Gasteiger partial charge on any atom is -0.368 e. The van der Waals surface area contributed by atoms with Gasteiger partial charge in [0.1, 0.15) is 6.54 Å². The first-order chi connectivity index (χ1) is 14.2. The topological polar surface area (TPSA) is 60.9 Å². The smallest absolute Gasteiger partial charge is 0.368 e. The average molecular weight is 423 g/mol. The molecule has 1 saturated carbocycles. The van der Waals surface area contributed by atoms with Crippen molar-refractivity contribution in [3.8, 4) is 0 Å². The van der Waals surface area contributed by atoms with Crippen LogP contribution < -0.4 is 4.90 Å². The van der Waals surface area contributed by atoms with Crippen LogP contribution in [0.5, 0.6) is 0 Å². The van der Waals surface area contributed by atoms with Crippen LogP contribution in [0.4, 0.5) is 18.9 Å². The van der Waals surface area contributed by atoms with Gasteiger partial charge < -0.3 is 9.80 Å². The van der Waals surface area contributed by atoms with Crippen molar-refractivity contribution < 1.29 is 27.6 Å². The zero-order valence-corrected chi connectivity index (χ0v) is 16.6. The molecule has 0 bridgehead atoms. The number of benzene rings is 1. The highest BCUT2D eigenvalue weighted by Gasteiger charge is 2.53. The quantitative estimate of drug-likeness (QED) is 0.702. The van der Waals surface area contributed by atoms with E-state index in [9.17, 15) is 27.6 Å². The van der Waals surface area contributed by atoms with Gasteiger partial charge in [0.25, 0.3) is 0 Å². The van der Waals surface area contributed by atoms with Crippen LogP contribution in [0.15, 0.2) is 24.3 Å². The Morgan fingerprint density at radius 2 is 1.70 bits per heavy atom. The molecule has 4 rings (SSSR count). The molecule has 1 aromatic carbocycles. The van der Waals surface area contributed by atoms with Crippen LogP contribution >= 0.6 is 0 Å². The lowest BCUT2D eigenvalue weighted by molar-refractivity contribution is -0.147. The second-order valence-corrected chi connectivity index (χ2v) is 8.37. The summed E-state index contributed by atoms with van der Waals surface area (Å²) in [6.07, 6.45) is -0.936. The number of imide groups is 1. The maximum Gasteiger partial charge on any atom is 0.416 e. The molecule has 9 heteroatoms. The molecule has 2 heterocycles. The summed E-state index contributed by atoms with van der Waals surface area (Å²) in [6, 6.07) is 5.14. The molecule has 2 saturated heterocycles. The lowest BCUT2D eigenvalue weighted by atomic mass is 9.84. The zero-order chi connectivity index (χ0) is 21.5. The van der Waals surface area contributed by atoms with Crippen LogP contribution in [0.2, 0.25) is 0 Å². The molecule has 1 aliphatic carbocycles. The van der Waals surface area contributed by atoms with Crippen molar-refractivity contribution in [3.05, 3.63) is 29.8 Å². The predicted octanol–water partition coefficient (Wildman–Crippen LogP) is 2.67. The van der Waals surface area contributed by atoms with Crippen LogP contribution in [0, 0.1) is 5.41 Å². The van der Waals surface area contributed by atoms with E-state index in [1.165, 1.54) is 6.07 Å². The summed E-state index contributed by atoms with van der Waals surface area (Å²) in [6.45, 7) is 1.19. The molecule has 1 aromatic rings. The lowest BCUT2D eigenvalue weighted by Gasteiger charge is -2.36. The first kappa shape index (κ1) is 20.7. The van der Waals surface area contributed by atoms with Gasteiger partial charge >= 0.3 is 6.18 Å². The number of hydrogen-bond donors (Lipinski definition) is 0. The largest absolute Gasteiger partial charge is 0.416 e. The van der Waals surface area contributed by atoms with E-state index >= 15 is 0 Å². The average Bonchev–Trinajstić information content (AvgIpc) is 3.28. The van der Waals surface area contributed by atoms with Crippen LogP contribution in [0.1, 0.15) is 37.7 Å². The number of halogens is 3. The number of hydrogen-bond acceptors (Lipinski definition) is 4. The summed E-state index contributed by atoms with van der Waals surface area (Å²) in [4.78, 5) is 42.3. The van der Waals surface area contributed by atoms with Crippen molar-refractivity contribution in [3.63, 3.8) is 0 Å². The third-order valence-corrected chi connectivity index (χ3v) is 6.51. The van der Waals surface area contributed by atoms with Crippen LogP contribution in [-0.4, -0.2) is 60.2 Å². The Balaban J connectivity index is 1.35. The molecule has 1 spiro atoms. The Kier molecular flexibility index (Phi) is 5.23. The fourth-order valence-corrected chi connectivity index (χ4v) is 4.79. The second-order valence-electron chi connectivity index (χ2n) is 8.37. The van der Waals surface area contributed by atoms with E-state index in [0.29, 0.717) is 44.7 Å². The Morgan fingerprint density at radius 3 is 2.33 bits per heavy atom. The number of alkyl halides is 3. The van der Waals surface area contributed by atoms with Gasteiger partial charge in [-0.1, -0.05) is 18.9 Å². The highest BCUT2D eigenvalue weighted by molar-refractivity contribution is 6.08. The molecule has 3 fully saturated rings. The Labute approximate surface area is 172 Å². The van der Waals surface area contributed by atoms with Crippen LogP contribution in [-0.2, 0) is 20.6 Å². The highest BCUT2D eigenvalue weighted by Crippen LogP contribution is 2.46. The monoisotopic (exact) mass is 423 g/mol. The zero-order valence-electron chi connectivity index (χ0n) is 16.6. The van der Waals surface area contributed by atoms with Gasteiger partial charge in [0.05, 0.1) is 11.0 Å². The van der Waals surface area contributed by atoms with Gasteiger partial charge in [0.2, 0.25) is 17.7 Å². The molecule has 30 heavy (non-hydrogen) atoms. The molecule has 2 aliphatic heterocycles. The number of likely N-dealkylation sites (tertiary alicyclic amines) is 1. The number of piperazine rings is 1. The molecule has 3 aliphatic rings. The third-order valence-electron chi connectivity index (χ3n) is 6.51. The Morgan fingerprint density at radius 1 is 1.03 bits per heavy atom.